The van der Waals surface area contributed by atoms with E-state index in [9.17, 15) is 9.59 Å². The molecule has 1 N–H and O–H groups in total. The van der Waals surface area contributed by atoms with Crippen LogP contribution in [0.1, 0.15) is 26.2 Å². The average Bonchev–Trinajstić information content (AvgIpc) is 3.20. The fourth-order valence-corrected chi connectivity index (χ4v) is 2.90. The first kappa shape index (κ1) is 17.1. The first-order chi connectivity index (χ1) is 12.0. The number of carbonyl (C=O) groups excluding carboxylic acids is 2. The Hall–Kier alpha value is -2.70. The van der Waals surface area contributed by atoms with Gasteiger partial charge in [0.15, 0.2) is 0 Å². The van der Waals surface area contributed by atoms with Crippen LogP contribution in [0.25, 0.3) is 11.4 Å². The molecule has 25 heavy (non-hydrogen) atoms. The molecular formula is C18H22N4O3. The van der Waals surface area contributed by atoms with Crippen LogP contribution in [-0.4, -0.2) is 39.9 Å². The molecule has 7 heteroatoms. The molecule has 0 bridgehead atoms. The van der Waals surface area contributed by atoms with E-state index >= 15 is 0 Å². The lowest BCUT2D eigenvalue weighted by molar-refractivity contribution is -0.129. The van der Waals surface area contributed by atoms with Gasteiger partial charge in [0.25, 0.3) is 0 Å². The molecular weight excluding hydrogens is 320 g/mol. The molecule has 3 rings (SSSR count). The molecule has 2 heterocycles. The minimum absolute atomic E-state index is 0.0398. The molecule has 2 aromatic rings. The number of rotatable bonds is 6. The lowest BCUT2D eigenvalue weighted by atomic mass is 10.1. The van der Waals surface area contributed by atoms with Crippen LogP contribution in [0, 0.1) is 11.8 Å². The normalized spacial score (nSPS) is 17.3. The van der Waals surface area contributed by atoms with E-state index in [-0.39, 0.29) is 30.7 Å². The van der Waals surface area contributed by atoms with Crippen molar-refractivity contribution in [3.63, 3.8) is 0 Å². The van der Waals surface area contributed by atoms with Gasteiger partial charge < -0.3 is 14.7 Å². The van der Waals surface area contributed by atoms with Crippen LogP contribution >= 0.6 is 0 Å². The Morgan fingerprint density at radius 2 is 2.12 bits per heavy atom. The van der Waals surface area contributed by atoms with Crippen molar-refractivity contribution < 1.29 is 14.1 Å². The summed E-state index contributed by atoms with van der Waals surface area (Å²) in [5.74, 6) is 0.792. The Bertz CT molecular complexity index is 742. The average molecular weight is 342 g/mol. The maximum atomic E-state index is 12.3. The van der Waals surface area contributed by atoms with E-state index in [0.29, 0.717) is 30.7 Å². The largest absolute Gasteiger partial charge is 0.347 e. The van der Waals surface area contributed by atoms with Gasteiger partial charge in [-0.25, -0.2) is 0 Å². The quantitative estimate of drug-likeness (QED) is 0.865. The van der Waals surface area contributed by atoms with Crippen molar-refractivity contribution in [2.75, 3.05) is 13.1 Å². The number of carbonyl (C=O) groups is 2. The molecule has 0 radical (unpaired) electrons. The molecule has 132 valence electrons. The van der Waals surface area contributed by atoms with Gasteiger partial charge in [-0.15, -0.1) is 0 Å². The second-order valence-electron chi connectivity index (χ2n) is 6.69. The van der Waals surface area contributed by atoms with Crippen LogP contribution < -0.4 is 5.32 Å². The van der Waals surface area contributed by atoms with Gasteiger partial charge in [-0.1, -0.05) is 49.3 Å². The number of benzene rings is 1. The van der Waals surface area contributed by atoms with Crippen LogP contribution in [0.3, 0.4) is 0 Å². The Morgan fingerprint density at radius 3 is 2.84 bits per heavy atom. The van der Waals surface area contributed by atoms with E-state index in [1.54, 1.807) is 4.90 Å². The highest BCUT2D eigenvalue weighted by Gasteiger charge is 2.34. The standard InChI is InChI=1S/C18H22N4O3/c1-12(2)10-22-11-14(8-16(22)23)18(24)19-9-15-20-17(21-25-15)13-6-4-3-5-7-13/h3-7,12,14H,8-11H2,1-2H3,(H,19,24)/t14-/m1/s1. The highest BCUT2D eigenvalue weighted by molar-refractivity contribution is 5.89. The molecule has 7 nitrogen and oxygen atoms in total. The molecule has 1 aromatic carbocycles. The summed E-state index contributed by atoms with van der Waals surface area (Å²) < 4.78 is 5.17. The molecule has 0 aliphatic carbocycles. The summed E-state index contributed by atoms with van der Waals surface area (Å²) in [6.07, 6.45) is 0.262. The number of likely N-dealkylation sites (tertiary alicyclic amines) is 1. The van der Waals surface area contributed by atoms with Crippen molar-refractivity contribution in [1.82, 2.24) is 20.4 Å². The maximum Gasteiger partial charge on any atom is 0.246 e. The SMILES string of the molecule is CC(C)CN1C[C@H](C(=O)NCc2nc(-c3ccccc3)no2)CC1=O. The summed E-state index contributed by atoms with van der Waals surface area (Å²) in [6.45, 7) is 5.43. The Morgan fingerprint density at radius 1 is 1.36 bits per heavy atom. The van der Waals surface area contributed by atoms with Gasteiger partial charge in [0.05, 0.1) is 12.5 Å². The van der Waals surface area contributed by atoms with Crippen LogP contribution in [-0.2, 0) is 16.1 Å². The molecule has 1 atom stereocenters. The van der Waals surface area contributed by atoms with E-state index in [1.807, 2.05) is 30.3 Å². The van der Waals surface area contributed by atoms with Crippen molar-refractivity contribution in [3.8, 4) is 11.4 Å². The predicted molar refractivity (Wildman–Crippen MR) is 91.1 cm³/mol. The molecule has 1 fully saturated rings. The third-order valence-electron chi connectivity index (χ3n) is 4.08. The van der Waals surface area contributed by atoms with Gasteiger partial charge in [-0.3, -0.25) is 9.59 Å². The van der Waals surface area contributed by atoms with Crippen molar-refractivity contribution in [2.24, 2.45) is 11.8 Å². The second-order valence-corrected chi connectivity index (χ2v) is 6.69. The minimum atomic E-state index is -0.317. The van der Waals surface area contributed by atoms with E-state index in [2.05, 4.69) is 29.3 Å². The molecule has 0 spiro atoms. The van der Waals surface area contributed by atoms with Crippen LogP contribution in [0.4, 0.5) is 0 Å². The van der Waals surface area contributed by atoms with Gasteiger partial charge in [0.2, 0.25) is 23.5 Å². The van der Waals surface area contributed by atoms with E-state index < -0.39 is 0 Å². The Balaban J connectivity index is 1.53. The Kier molecular flexibility index (Phi) is 5.11. The van der Waals surface area contributed by atoms with Crippen molar-refractivity contribution in [2.45, 2.75) is 26.8 Å². The predicted octanol–water partition coefficient (Wildman–Crippen LogP) is 1.86. The number of hydrogen-bond donors (Lipinski definition) is 1. The molecule has 0 saturated carbocycles. The van der Waals surface area contributed by atoms with Crippen molar-refractivity contribution in [1.29, 1.82) is 0 Å². The number of nitrogens with zero attached hydrogens (tertiary/aromatic N) is 3. The van der Waals surface area contributed by atoms with Gasteiger partial charge in [-0.2, -0.15) is 4.98 Å². The fourth-order valence-electron chi connectivity index (χ4n) is 2.90. The van der Waals surface area contributed by atoms with Gasteiger partial charge >= 0.3 is 0 Å². The molecule has 2 amide bonds. The zero-order valence-corrected chi connectivity index (χ0v) is 14.4. The summed E-state index contributed by atoms with van der Waals surface area (Å²) in [6, 6.07) is 9.48. The van der Waals surface area contributed by atoms with Gasteiger partial charge in [-0.05, 0) is 5.92 Å². The Labute approximate surface area is 146 Å². The number of hydrogen-bond acceptors (Lipinski definition) is 5. The second kappa shape index (κ2) is 7.46. The van der Waals surface area contributed by atoms with Gasteiger partial charge in [0, 0.05) is 25.1 Å². The van der Waals surface area contributed by atoms with Crippen molar-refractivity contribution >= 4 is 11.8 Å². The van der Waals surface area contributed by atoms with Gasteiger partial charge in [0.1, 0.15) is 0 Å². The van der Waals surface area contributed by atoms with Crippen LogP contribution in [0.2, 0.25) is 0 Å². The third-order valence-corrected chi connectivity index (χ3v) is 4.08. The first-order valence-electron chi connectivity index (χ1n) is 8.46. The topological polar surface area (TPSA) is 88.3 Å². The summed E-state index contributed by atoms with van der Waals surface area (Å²) in [4.78, 5) is 30.3. The summed E-state index contributed by atoms with van der Waals surface area (Å²) in [7, 11) is 0. The minimum Gasteiger partial charge on any atom is -0.347 e. The molecule has 1 aliphatic heterocycles. The summed E-state index contributed by atoms with van der Waals surface area (Å²) in [5.41, 5.74) is 0.856. The zero-order chi connectivity index (χ0) is 17.8. The monoisotopic (exact) mass is 342 g/mol. The van der Waals surface area contributed by atoms with E-state index in [4.69, 9.17) is 4.52 Å². The van der Waals surface area contributed by atoms with Crippen LogP contribution in [0.5, 0.6) is 0 Å². The van der Waals surface area contributed by atoms with E-state index in [1.165, 1.54) is 0 Å². The summed E-state index contributed by atoms with van der Waals surface area (Å²) in [5, 5.41) is 6.70. The molecule has 1 aliphatic rings. The lowest BCUT2D eigenvalue weighted by Crippen LogP contribution is -2.33. The molecule has 0 unspecified atom stereocenters. The molecule has 1 aromatic heterocycles. The number of nitrogens with one attached hydrogen (secondary N) is 1. The third kappa shape index (κ3) is 4.23. The lowest BCUT2D eigenvalue weighted by Gasteiger charge is -2.18. The highest BCUT2D eigenvalue weighted by atomic mass is 16.5. The van der Waals surface area contributed by atoms with Crippen LogP contribution in [0.15, 0.2) is 34.9 Å². The molecule has 1 saturated heterocycles. The van der Waals surface area contributed by atoms with E-state index in [0.717, 1.165) is 5.56 Å². The van der Waals surface area contributed by atoms with Crippen molar-refractivity contribution in [3.05, 3.63) is 36.2 Å². The number of aromatic nitrogens is 2. The summed E-state index contributed by atoms with van der Waals surface area (Å²) >= 11 is 0. The number of amides is 2. The smallest absolute Gasteiger partial charge is 0.246 e. The zero-order valence-electron chi connectivity index (χ0n) is 14.4. The fraction of sp³-hybridized carbons (Fsp3) is 0.444. The maximum absolute atomic E-state index is 12.3. The highest BCUT2D eigenvalue weighted by Crippen LogP contribution is 2.19. The first-order valence-corrected chi connectivity index (χ1v) is 8.46.